The molecular formula is C16H17NOS2. The summed E-state index contributed by atoms with van der Waals surface area (Å²) in [4.78, 5) is 1.57. The van der Waals surface area contributed by atoms with Gasteiger partial charge in [0.15, 0.2) is 0 Å². The van der Waals surface area contributed by atoms with Crippen LogP contribution in [-0.2, 0) is 6.61 Å². The molecule has 2 aromatic rings. The maximum atomic E-state index is 5.91. The van der Waals surface area contributed by atoms with E-state index in [2.05, 4.69) is 6.07 Å². The van der Waals surface area contributed by atoms with Crippen molar-refractivity contribution in [2.75, 3.05) is 6.26 Å². The third kappa shape index (κ3) is 3.52. The summed E-state index contributed by atoms with van der Waals surface area (Å²) in [6.07, 6.45) is 2.05. The third-order valence-corrected chi connectivity index (χ3v) is 4.09. The molecule has 0 heterocycles. The van der Waals surface area contributed by atoms with Crippen LogP contribution in [0.25, 0.3) is 0 Å². The van der Waals surface area contributed by atoms with Crippen LogP contribution in [0.2, 0.25) is 0 Å². The normalized spacial score (nSPS) is 10.3. The molecule has 0 radical (unpaired) electrons. The first kappa shape index (κ1) is 14.9. The molecule has 0 atom stereocenters. The Balaban J connectivity index is 2.13. The summed E-state index contributed by atoms with van der Waals surface area (Å²) in [5.41, 5.74) is 8.80. The Morgan fingerprint density at radius 3 is 2.65 bits per heavy atom. The van der Waals surface area contributed by atoms with E-state index in [1.807, 2.05) is 49.6 Å². The van der Waals surface area contributed by atoms with Gasteiger partial charge in [-0.2, -0.15) is 0 Å². The lowest BCUT2D eigenvalue weighted by molar-refractivity contribution is 0.298. The van der Waals surface area contributed by atoms with Crippen LogP contribution < -0.4 is 10.5 Å². The second kappa shape index (κ2) is 6.77. The van der Waals surface area contributed by atoms with Gasteiger partial charge in [0, 0.05) is 10.5 Å². The Bertz CT molecular complexity index is 626. The van der Waals surface area contributed by atoms with Gasteiger partial charge in [-0.1, -0.05) is 36.5 Å². The van der Waals surface area contributed by atoms with Crippen molar-refractivity contribution in [2.45, 2.75) is 18.4 Å². The number of hydrogen-bond donors (Lipinski definition) is 1. The molecule has 0 bridgehead atoms. The Labute approximate surface area is 129 Å². The number of ether oxygens (including phenoxy) is 1. The standard InChI is InChI=1S/C16H17NOS2/c1-11-9-12(16(17)19)7-8-13(11)10-18-14-5-3-4-6-15(14)20-2/h3-9H,10H2,1-2H3,(H2,17,19). The maximum absolute atomic E-state index is 5.91. The largest absolute Gasteiger partial charge is 0.488 e. The topological polar surface area (TPSA) is 35.2 Å². The van der Waals surface area contributed by atoms with E-state index >= 15 is 0 Å². The van der Waals surface area contributed by atoms with Crippen LogP contribution in [0.15, 0.2) is 47.4 Å². The van der Waals surface area contributed by atoms with Crippen molar-refractivity contribution in [1.82, 2.24) is 0 Å². The average molecular weight is 303 g/mol. The first-order valence-corrected chi connectivity index (χ1v) is 7.90. The zero-order chi connectivity index (χ0) is 14.5. The van der Waals surface area contributed by atoms with Crippen molar-refractivity contribution in [3.05, 3.63) is 59.2 Å². The van der Waals surface area contributed by atoms with E-state index in [1.54, 1.807) is 11.8 Å². The summed E-state index contributed by atoms with van der Waals surface area (Å²) in [5, 5.41) is 0. The van der Waals surface area contributed by atoms with Gasteiger partial charge in [0.25, 0.3) is 0 Å². The zero-order valence-corrected chi connectivity index (χ0v) is 13.2. The second-order valence-electron chi connectivity index (χ2n) is 4.45. The number of rotatable bonds is 5. The van der Waals surface area contributed by atoms with E-state index in [9.17, 15) is 0 Å². The molecule has 0 unspecified atom stereocenters. The molecule has 4 heteroatoms. The van der Waals surface area contributed by atoms with E-state index in [1.165, 1.54) is 0 Å². The Kier molecular flexibility index (Phi) is 5.04. The van der Waals surface area contributed by atoms with Gasteiger partial charge in [-0.05, 0) is 42.5 Å². The molecule has 0 aromatic heterocycles. The van der Waals surface area contributed by atoms with E-state index in [0.29, 0.717) is 11.6 Å². The molecule has 0 aliphatic carbocycles. The Morgan fingerprint density at radius 1 is 1.25 bits per heavy atom. The predicted molar refractivity (Wildman–Crippen MR) is 89.6 cm³/mol. The highest BCUT2D eigenvalue weighted by atomic mass is 32.2. The summed E-state index contributed by atoms with van der Waals surface area (Å²) in [6.45, 7) is 2.59. The first-order valence-electron chi connectivity index (χ1n) is 6.27. The van der Waals surface area contributed by atoms with Gasteiger partial charge in [0.1, 0.15) is 17.3 Å². The van der Waals surface area contributed by atoms with Gasteiger partial charge < -0.3 is 10.5 Å². The van der Waals surface area contributed by atoms with E-state index in [0.717, 1.165) is 27.3 Å². The molecule has 0 saturated carbocycles. The molecule has 2 aromatic carbocycles. The molecule has 2 nitrogen and oxygen atoms in total. The number of hydrogen-bond acceptors (Lipinski definition) is 3. The highest BCUT2D eigenvalue weighted by Gasteiger charge is 2.05. The number of benzene rings is 2. The molecule has 0 aliphatic heterocycles. The van der Waals surface area contributed by atoms with Crippen LogP contribution in [0.4, 0.5) is 0 Å². The van der Waals surface area contributed by atoms with Gasteiger partial charge in [-0.15, -0.1) is 11.8 Å². The van der Waals surface area contributed by atoms with Crippen LogP contribution in [0.5, 0.6) is 5.75 Å². The fraction of sp³-hybridized carbons (Fsp3) is 0.188. The lowest BCUT2D eigenvalue weighted by Crippen LogP contribution is -2.10. The fourth-order valence-electron chi connectivity index (χ4n) is 1.90. The minimum Gasteiger partial charge on any atom is -0.488 e. The van der Waals surface area contributed by atoms with Crippen LogP contribution in [0.1, 0.15) is 16.7 Å². The number of thiocarbonyl (C=S) groups is 1. The summed E-state index contributed by atoms with van der Waals surface area (Å²) < 4.78 is 5.91. The van der Waals surface area contributed by atoms with Gasteiger partial charge >= 0.3 is 0 Å². The number of thioether (sulfide) groups is 1. The SMILES string of the molecule is CSc1ccccc1OCc1ccc(C(N)=S)cc1C. The van der Waals surface area contributed by atoms with Crippen LogP contribution in [0.3, 0.4) is 0 Å². The molecule has 0 amide bonds. The number of aryl methyl sites for hydroxylation is 1. The maximum Gasteiger partial charge on any atom is 0.133 e. The van der Waals surface area contributed by atoms with Crippen molar-refractivity contribution < 1.29 is 4.74 Å². The lowest BCUT2D eigenvalue weighted by Gasteiger charge is -2.12. The van der Waals surface area contributed by atoms with Crippen molar-refractivity contribution in [3.8, 4) is 5.75 Å². The van der Waals surface area contributed by atoms with Crippen LogP contribution in [0, 0.1) is 6.92 Å². The van der Waals surface area contributed by atoms with E-state index in [-0.39, 0.29) is 0 Å². The van der Waals surface area contributed by atoms with E-state index in [4.69, 9.17) is 22.7 Å². The molecule has 2 N–H and O–H groups in total. The van der Waals surface area contributed by atoms with Gasteiger partial charge in [0.05, 0.1) is 0 Å². The fourth-order valence-corrected chi connectivity index (χ4v) is 2.57. The van der Waals surface area contributed by atoms with Crippen molar-refractivity contribution in [3.63, 3.8) is 0 Å². The summed E-state index contributed by atoms with van der Waals surface area (Å²) in [6, 6.07) is 14.0. The van der Waals surface area contributed by atoms with Gasteiger partial charge in [0.2, 0.25) is 0 Å². The Hall–Kier alpha value is -1.52. The summed E-state index contributed by atoms with van der Waals surface area (Å²) in [5.74, 6) is 0.915. The molecule has 0 fully saturated rings. The smallest absolute Gasteiger partial charge is 0.133 e. The van der Waals surface area contributed by atoms with Crippen molar-refractivity contribution in [1.29, 1.82) is 0 Å². The molecule has 104 valence electrons. The molecular weight excluding hydrogens is 286 g/mol. The molecule has 20 heavy (non-hydrogen) atoms. The predicted octanol–water partition coefficient (Wildman–Crippen LogP) is 3.93. The Morgan fingerprint density at radius 2 is 2.00 bits per heavy atom. The minimum atomic E-state index is 0.424. The average Bonchev–Trinajstić information content (AvgIpc) is 2.46. The van der Waals surface area contributed by atoms with Crippen molar-refractivity contribution in [2.24, 2.45) is 5.73 Å². The molecule has 0 aliphatic rings. The molecule has 0 saturated heterocycles. The quantitative estimate of drug-likeness (QED) is 0.670. The monoisotopic (exact) mass is 303 g/mol. The number of para-hydroxylation sites is 1. The highest BCUT2D eigenvalue weighted by molar-refractivity contribution is 7.98. The van der Waals surface area contributed by atoms with Gasteiger partial charge in [-0.25, -0.2) is 0 Å². The summed E-state index contributed by atoms with van der Waals surface area (Å²) >= 11 is 6.67. The molecule has 2 rings (SSSR count). The second-order valence-corrected chi connectivity index (χ2v) is 5.73. The number of nitrogens with two attached hydrogens (primary N) is 1. The lowest BCUT2D eigenvalue weighted by atomic mass is 10.1. The van der Waals surface area contributed by atoms with Crippen molar-refractivity contribution >= 4 is 29.0 Å². The van der Waals surface area contributed by atoms with E-state index < -0.39 is 0 Å². The van der Waals surface area contributed by atoms with Crippen LogP contribution in [-0.4, -0.2) is 11.2 Å². The molecule has 0 spiro atoms. The minimum absolute atomic E-state index is 0.424. The zero-order valence-electron chi connectivity index (χ0n) is 11.6. The highest BCUT2D eigenvalue weighted by Crippen LogP contribution is 2.27. The first-order chi connectivity index (χ1) is 9.61. The van der Waals surface area contributed by atoms with Crippen LogP contribution >= 0.6 is 24.0 Å². The summed E-state index contributed by atoms with van der Waals surface area (Å²) in [7, 11) is 0. The van der Waals surface area contributed by atoms with Gasteiger partial charge in [-0.3, -0.25) is 0 Å². The third-order valence-electron chi connectivity index (χ3n) is 3.08.